The molecule has 1 aromatic rings. The van der Waals surface area contributed by atoms with Crippen molar-refractivity contribution in [2.45, 2.75) is 32.5 Å². The lowest BCUT2D eigenvalue weighted by Gasteiger charge is -2.38. The molecule has 2 atom stereocenters. The second kappa shape index (κ2) is 4.87. The van der Waals surface area contributed by atoms with Crippen molar-refractivity contribution in [3.8, 4) is 0 Å². The van der Waals surface area contributed by atoms with Gasteiger partial charge in [-0.2, -0.15) is 13.2 Å². The van der Waals surface area contributed by atoms with Crippen LogP contribution in [-0.2, 0) is 11.0 Å². The minimum Gasteiger partial charge on any atom is -0.368 e. The van der Waals surface area contributed by atoms with Crippen LogP contribution in [-0.4, -0.2) is 18.4 Å². The molecule has 0 bridgehead atoms. The molecule has 0 aromatic heterocycles. The molecule has 0 aliphatic carbocycles. The number of ketones is 1. The van der Waals surface area contributed by atoms with Crippen molar-refractivity contribution in [1.29, 1.82) is 0 Å². The highest BCUT2D eigenvalue weighted by Crippen LogP contribution is 2.32. The lowest BCUT2D eigenvalue weighted by molar-refractivity contribution is -0.137. The second-order valence-electron chi connectivity index (χ2n) is 4.98. The Balaban J connectivity index is 2.21. The van der Waals surface area contributed by atoms with Crippen LogP contribution in [0.25, 0.3) is 0 Å². The van der Waals surface area contributed by atoms with Crippen LogP contribution in [0.1, 0.15) is 25.8 Å². The van der Waals surface area contributed by atoms with Gasteiger partial charge >= 0.3 is 6.18 Å². The number of hydrogen-bond donors (Lipinski definition) is 0. The Morgan fingerprint density at radius 1 is 1.16 bits per heavy atom. The van der Waals surface area contributed by atoms with Gasteiger partial charge in [-0.15, -0.1) is 0 Å². The highest BCUT2D eigenvalue weighted by atomic mass is 19.4. The molecule has 0 spiro atoms. The largest absolute Gasteiger partial charge is 0.416 e. The summed E-state index contributed by atoms with van der Waals surface area (Å²) in [5, 5.41) is 0. The summed E-state index contributed by atoms with van der Waals surface area (Å²) in [7, 11) is 0. The average molecular weight is 271 g/mol. The van der Waals surface area contributed by atoms with E-state index in [0.29, 0.717) is 13.0 Å². The van der Waals surface area contributed by atoms with Crippen LogP contribution in [0.2, 0.25) is 0 Å². The molecule has 104 valence electrons. The van der Waals surface area contributed by atoms with E-state index >= 15 is 0 Å². The third kappa shape index (κ3) is 2.74. The van der Waals surface area contributed by atoms with Gasteiger partial charge in [0.05, 0.1) is 5.56 Å². The first-order chi connectivity index (χ1) is 8.80. The van der Waals surface area contributed by atoms with E-state index in [1.807, 2.05) is 18.7 Å². The van der Waals surface area contributed by atoms with Gasteiger partial charge in [-0.3, -0.25) is 4.79 Å². The van der Waals surface area contributed by atoms with Crippen LogP contribution in [0.4, 0.5) is 18.9 Å². The van der Waals surface area contributed by atoms with Crippen molar-refractivity contribution in [2.75, 3.05) is 11.4 Å². The lowest BCUT2D eigenvalue weighted by atomic mass is 9.90. The summed E-state index contributed by atoms with van der Waals surface area (Å²) in [6.07, 6.45) is -3.86. The van der Waals surface area contributed by atoms with Crippen molar-refractivity contribution in [2.24, 2.45) is 5.92 Å². The first kappa shape index (κ1) is 13.9. The second-order valence-corrected chi connectivity index (χ2v) is 4.98. The van der Waals surface area contributed by atoms with Crippen LogP contribution in [0.15, 0.2) is 24.3 Å². The van der Waals surface area contributed by atoms with E-state index in [0.717, 1.165) is 17.8 Å². The van der Waals surface area contributed by atoms with Crippen molar-refractivity contribution in [3.05, 3.63) is 29.8 Å². The fourth-order valence-corrected chi connectivity index (χ4v) is 2.41. The number of rotatable bonds is 1. The summed E-state index contributed by atoms with van der Waals surface area (Å²) in [4.78, 5) is 13.6. The molecule has 1 aliphatic heterocycles. The highest BCUT2D eigenvalue weighted by Gasteiger charge is 2.32. The van der Waals surface area contributed by atoms with Crippen LogP contribution in [0.5, 0.6) is 0 Å². The third-order valence-electron chi connectivity index (χ3n) is 3.85. The molecule has 1 saturated heterocycles. The van der Waals surface area contributed by atoms with Gasteiger partial charge in [-0.25, -0.2) is 0 Å². The topological polar surface area (TPSA) is 20.3 Å². The summed E-state index contributed by atoms with van der Waals surface area (Å²) >= 11 is 0. The molecule has 2 nitrogen and oxygen atoms in total. The van der Waals surface area contributed by atoms with Gasteiger partial charge in [0.1, 0.15) is 5.78 Å². The molecule has 1 heterocycles. The molecule has 5 heteroatoms. The van der Waals surface area contributed by atoms with Crippen molar-refractivity contribution < 1.29 is 18.0 Å². The van der Waals surface area contributed by atoms with E-state index in [-0.39, 0.29) is 17.7 Å². The SMILES string of the molecule is CC1C(=O)CCN(c2ccc(C(F)(F)F)cc2)C1C. The number of carbonyl (C=O) groups excluding carboxylic acids is 1. The van der Waals surface area contributed by atoms with E-state index in [2.05, 4.69) is 0 Å². The molecular formula is C14H16F3NO. The maximum absolute atomic E-state index is 12.5. The molecule has 0 saturated carbocycles. The first-order valence-electron chi connectivity index (χ1n) is 6.27. The number of benzene rings is 1. The molecule has 1 aromatic carbocycles. The summed E-state index contributed by atoms with van der Waals surface area (Å²) in [5.41, 5.74) is 0.0879. The average Bonchev–Trinajstić information content (AvgIpc) is 2.35. The molecular weight excluding hydrogens is 255 g/mol. The first-order valence-corrected chi connectivity index (χ1v) is 6.27. The number of alkyl halides is 3. The number of nitrogens with zero attached hydrogens (tertiary/aromatic N) is 1. The Kier molecular flexibility index (Phi) is 3.56. The van der Waals surface area contributed by atoms with Gasteiger partial charge in [0.25, 0.3) is 0 Å². The van der Waals surface area contributed by atoms with Gasteiger partial charge in [0, 0.05) is 30.6 Å². The monoisotopic (exact) mass is 271 g/mol. The number of hydrogen-bond acceptors (Lipinski definition) is 2. The summed E-state index contributed by atoms with van der Waals surface area (Å²) in [5.74, 6) is 0.131. The van der Waals surface area contributed by atoms with E-state index < -0.39 is 11.7 Å². The number of Topliss-reactive ketones (excluding diaryl/α,β-unsaturated/α-hetero) is 1. The van der Waals surface area contributed by atoms with Gasteiger partial charge in [0.2, 0.25) is 0 Å². The Hall–Kier alpha value is -1.52. The van der Waals surface area contributed by atoms with E-state index in [1.54, 1.807) is 0 Å². The fourth-order valence-electron chi connectivity index (χ4n) is 2.41. The van der Waals surface area contributed by atoms with E-state index in [9.17, 15) is 18.0 Å². The summed E-state index contributed by atoms with van der Waals surface area (Å²) in [6.45, 7) is 4.36. The van der Waals surface area contributed by atoms with Crippen LogP contribution in [0, 0.1) is 5.92 Å². The fraction of sp³-hybridized carbons (Fsp3) is 0.500. The Bertz CT molecular complexity index is 467. The molecule has 0 N–H and O–H groups in total. The number of piperidine rings is 1. The highest BCUT2D eigenvalue weighted by molar-refractivity contribution is 5.84. The zero-order chi connectivity index (χ0) is 14.2. The Morgan fingerprint density at radius 2 is 1.74 bits per heavy atom. The molecule has 0 amide bonds. The molecule has 0 radical (unpaired) electrons. The normalized spacial score (nSPS) is 24.7. The van der Waals surface area contributed by atoms with Crippen LogP contribution in [0.3, 0.4) is 0 Å². The number of anilines is 1. The van der Waals surface area contributed by atoms with Gasteiger partial charge < -0.3 is 4.90 Å². The standard InChI is InChI=1S/C14H16F3NO/c1-9-10(2)18(8-7-13(9)19)12-5-3-11(4-6-12)14(15,16)17/h3-6,9-10H,7-8H2,1-2H3. The third-order valence-corrected chi connectivity index (χ3v) is 3.85. The smallest absolute Gasteiger partial charge is 0.368 e. The van der Waals surface area contributed by atoms with Gasteiger partial charge in [0.15, 0.2) is 0 Å². The Labute approximate surface area is 110 Å². The molecule has 19 heavy (non-hydrogen) atoms. The predicted molar refractivity (Wildman–Crippen MR) is 67.0 cm³/mol. The Morgan fingerprint density at radius 3 is 2.26 bits per heavy atom. The number of halogens is 3. The zero-order valence-corrected chi connectivity index (χ0v) is 10.9. The van der Waals surface area contributed by atoms with Crippen LogP contribution < -0.4 is 4.90 Å². The maximum Gasteiger partial charge on any atom is 0.416 e. The van der Waals surface area contributed by atoms with E-state index in [4.69, 9.17) is 0 Å². The maximum atomic E-state index is 12.5. The quantitative estimate of drug-likeness (QED) is 0.779. The minimum atomic E-state index is -4.31. The van der Waals surface area contributed by atoms with Crippen molar-refractivity contribution >= 4 is 11.5 Å². The zero-order valence-electron chi connectivity index (χ0n) is 10.9. The molecule has 2 unspecified atom stereocenters. The molecule has 2 rings (SSSR count). The van der Waals surface area contributed by atoms with Crippen LogP contribution >= 0.6 is 0 Å². The van der Waals surface area contributed by atoms with Crippen molar-refractivity contribution in [1.82, 2.24) is 0 Å². The van der Waals surface area contributed by atoms with Crippen molar-refractivity contribution in [3.63, 3.8) is 0 Å². The minimum absolute atomic E-state index is 0.0120. The van der Waals surface area contributed by atoms with Gasteiger partial charge in [-0.1, -0.05) is 6.92 Å². The lowest BCUT2D eigenvalue weighted by Crippen LogP contribution is -2.46. The number of carbonyl (C=O) groups is 1. The summed E-state index contributed by atoms with van der Waals surface area (Å²) < 4.78 is 37.5. The predicted octanol–water partition coefficient (Wildman–Crippen LogP) is 3.51. The molecule has 1 aliphatic rings. The van der Waals surface area contributed by atoms with E-state index in [1.165, 1.54) is 12.1 Å². The van der Waals surface area contributed by atoms with Gasteiger partial charge in [-0.05, 0) is 31.2 Å². The molecule has 1 fully saturated rings. The summed E-state index contributed by atoms with van der Waals surface area (Å²) in [6, 6.07) is 5.13.